The Labute approximate surface area is 100 Å². The minimum absolute atomic E-state index is 0.0264. The second kappa shape index (κ2) is 4.82. The lowest BCUT2D eigenvalue weighted by Crippen LogP contribution is -2.25. The minimum Gasteiger partial charge on any atom is -0.481 e. The van der Waals surface area contributed by atoms with Gasteiger partial charge in [0.25, 0.3) is 0 Å². The number of aliphatic carboxylic acids is 1. The third kappa shape index (κ3) is 2.62. The van der Waals surface area contributed by atoms with Gasteiger partial charge in [-0.1, -0.05) is 19.1 Å². The Hall–Kier alpha value is -1.45. The molecule has 0 saturated carbocycles. The lowest BCUT2D eigenvalue weighted by atomic mass is 9.83. The molecule has 2 aliphatic rings. The van der Waals surface area contributed by atoms with Crippen LogP contribution in [0.5, 0.6) is 0 Å². The highest BCUT2D eigenvalue weighted by atomic mass is 16.4. The Kier molecular flexibility index (Phi) is 3.41. The van der Waals surface area contributed by atoms with Gasteiger partial charge < -0.3 is 5.11 Å². The van der Waals surface area contributed by atoms with E-state index in [1.807, 2.05) is 0 Å². The van der Waals surface area contributed by atoms with Gasteiger partial charge in [0.05, 0.1) is 6.42 Å². The molecular weight excluding hydrogens is 218 g/mol. The van der Waals surface area contributed by atoms with Crippen LogP contribution in [0.1, 0.15) is 32.6 Å². The van der Waals surface area contributed by atoms with E-state index in [0.29, 0.717) is 12.3 Å². The van der Waals surface area contributed by atoms with E-state index in [1.54, 1.807) is 0 Å². The second-order valence-corrected chi connectivity index (χ2v) is 4.82. The molecule has 1 N–H and O–H groups in total. The molecular formula is C13H17NO3. The van der Waals surface area contributed by atoms with Gasteiger partial charge in [0.15, 0.2) is 5.78 Å². The zero-order valence-electron chi connectivity index (χ0n) is 9.93. The van der Waals surface area contributed by atoms with Crippen LogP contribution in [0.25, 0.3) is 0 Å². The molecule has 0 aromatic rings. The molecule has 0 saturated heterocycles. The van der Waals surface area contributed by atoms with Crippen molar-refractivity contribution < 1.29 is 14.7 Å². The number of hydrogen-bond acceptors (Lipinski definition) is 3. The van der Waals surface area contributed by atoms with Gasteiger partial charge in [-0.25, -0.2) is 0 Å². The first kappa shape index (κ1) is 12.0. The molecule has 0 radical (unpaired) electrons. The van der Waals surface area contributed by atoms with Crippen LogP contribution in [0, 0.1) is 11.8 Å². The number of ketones is 1. The van der Waals surface area contributed by atoms with Crippen LogP contribution in [-0.4, -0.2) is 28.6 Å². The van der Waals surface area contributed by atoms with Gasteiger partial charge in [0.1, 0.15) is 6.04 Å². The van der Waals surface area contributed by atoms with Crippen LogP contribution in [0.2, 0.25) is 0 Å². The fourth-order valence-electron chi connectivity index (χ4n) is 2.59. The van der Waals surface area contributed by atoms with E-state index in [1.165, 1.54) is 0 Å². The van der Waals surface area contributed by atoms with Crippen LogP contribution < -0.4 is 0 Å². The normalized spacial score (nSPS) is 32.6. The van der Waals surface area contributed by atoms with Crippen molar-refractivity contribution in [2.45, 2.75) is 38.6 Å². The summed E-state index contributed by atoms with van der Waals surface area (Å²) in [4.78, 5) is 27.0. The molecule has 3 atom stereocenters. The Bertz CT molecular complexity index is 397. The fourth-order valence-corrected chi connectivity index (χ4v) is 2.59. The van der Waals surface area contributed by atoms with E-state index >= 15 is 0 Å². The molecule has 0 fully saturated rings. The monoisotopic (exact) mass is 235 g/mol. The first-order valence-electron chi connectivity index (χ1n) is 6.06. The number of carbonyl (C=O) groups is 2. The molecule has 92 valence electrons. The largest absolute Gasteiger partial charge is 0.481 e. The van der Waals surface area contributed by atoms with E-state index < -0.39 is 12.0 Å². The highest BCUT2D eigenvalue weighted by Crippen LogP contribution is 2.29. The standard InChI is InChI=1S/C13H17NO3/c1-8-3-2-4-9-5-6-11(15)10(7-12(16)17)14-13(8)9/h2-3,8-10H,4-7H2,1H3,(H,16,17). The molecule has 1 aliphatic carbocycles. The van der Waals surface area contributed by atoms with Gasteiger partial charge >= 0.3 is 5.97 Å². The minimum atomic E-state index is -0.954. The first-order chi connectivity index (χ1) is 8.08. The zero-order chi connectivity index (χ0) is 12.4. The van der Waals surface area contributed by atoms with Gasteiger partial charge in [-0.2, -0.15) is 0 Å². The molecule has 0 aromatic heterocycles. The third-order valence-corrected chi connectivity index (χ3v) is 3.51. The number of allylic oxidation sites excluding steroid dienone is 2. The Balaban J connectivity index is 2.26. The van der Waals surface area contributed by atoms with E-state index in [2.05, 4.69) is 24.1 Å². The molecule has 4 heteroatoms. The van der Waals surface area contributed by atoms with E-state index in [-0.39, 0.29) is 18.1 Å². The topological polar surface area (TPSA) is 66.7 Å². The fraction of sp³-hybridized carbons (Fsp3) is 0.615. The molecule has 0 bridgehead atoms. The zero-order valence-corrected chi connectivity index (χ0v) is 9.93. The first-order valence-corrected chi connectivity index (χ1v) is 6.06. The number of Topliss-reactive ketones (excluding diaryl/α,β-unsaturated/α-hetero) is 1. The highest BCUT2D eigenvalue weighted by molar-refractivity contribution is 5.97. The van der Waals surface area contributed by atoms with Crippen molar-refractivity contribution in [2.24, 2.45) is 16.8 Å². The Morgan fingerprint density at radius 3 is 3.06 bits per heavy atom. The molecule has 17 heavy (non-hydrogen) atoms. The van der Waals surface area contributed by atoms with Crippen molar-refractivity contribution in [3.05, 3.63) is 12.2 Å². The Morgan fingerprint density at radius 1 is 1.59 bits per heavy atom. The van der Waals surface area contributed by atoms with Crippen molar-refractivity contribution in [3.63, 3.8) is 0 Å². The Morgan fingerprint density at radius 2 is 2.35 bits per heavy atom. The predicted octanol–water partition coefficient (Wildman–Crippen LogP) is 1.85. The number of carboxylic acid groups (broad SMARTS) is 1. The third-order valence-electron chi connectivity index (χ3n) is 3.51. The summed E-state index contributed by atoms with van der Waals surface area (Å²) in [5.74, 6) is -0.416. The highest BCUT2D eigenvalue weighted by Gasteiger charge is 2.31. The van der Waals surface area contributed by atoms with Gasteiger partial charge in [0.2, 0.25) is 0 Å². The number of rotatable bonds is 2. The molecule has 1 heterocycles. The van der Waals surface area contributed by atoms with Gasteiger partial charge in [-0.3, -0.25) is 14.6 Å². The summed E-state index contributed by atoms with van der Waals surface area (Å²) in [7, 11) is 0. The molecule has 0 amide bonds. The SMILES string of the molecule is CC1C=CCC2CCC(=O)C(CC(=O)O)N=C12. The van der Waals surface area contributed by atoms with Gasteiger partial charge in [-0.15, -0.1) is 0 Å². The van der Waals surface area contributed by atoms with Gasteiger partial charge in [0, 0.05) is 24.0 Å². The predicted molar refractivity (Wildman–Crippen MR) is 64.1 cm³/mol. The maximum atomic E-state index is 11.8. The van der Waals surface area contributed by atoms with Crippen molar-refractivity contribution in [1.82, 2.24) is 0 Å². The number of carbonyl (C=O) groups excluding carboxylic acids is 1. The quantitative estimate of drug-likeness (QED) is 0.743. The molecule has 3 unspecified atom stereocenters. The summed E-state index contributed by atoms with van der Waals surface area (Å²) in [5.41, 5.74) is 1.02. The lowest BCUT2D eigenvalue weighted by molar-refractivity contribution is -0.139. The van der Waals surface area contributed by atoms with E-state index in [0.717, 1.165) is 18.6 Å². The molecule has 2 rings (SSSR count). The van der Waals surface area contributed by atoms with Gasteiger partial charge in [-0.05, 0) is 12.8 Å². The summed E-state index contributed by atoms with van der Waals surface area (Å²) in [6.07, 6.45) is 6.24. The average Bonchev–Trinajstić information content (AvgIpc) is 2.41. The number of aliphatic imine (C=N–C) groups is 1. The molecule has 0 spiro atoms. The van der Waals surface area contributed by atoms with Crippen molar-refractivity contribution in [1.29, 1.82) is 0 Å². The van der Waals surface area contributed by atoms with Crippen LogP contribution in [0.15, 0.2) is 17.1 Å². The molecule has 4 nitrogen and oxygen atoms in total. The number of hydrogen-bond donors (Lipinski definition) is 1. The maximum Gasteiger partial charge on any atom is 0.305 e. The molecule has 1 aliphatic heterocycles. The van der Waals surface area contributed by atoms with Crippen LogP contribution in [-0.2, 0) is 9.59 Å². The van der Waals surface area contributed by atoms with Crippen LogP contribution in [0.4, 0.5) is 0 Å². The van der Waals surface area contributed by atoms with E-state index in [9.17, 15) is 9.59 Å². The average molecular weight is 235 g/mol. The number of nitrogens with zero attached hydrogens (tertiary/aromatic N) is 1. The summed E-state index contributed by atoms with van der Waals surface area (Å²) < 4.78 is 0. The molecule has 0 aromatic carbocycles. The summed E-state index contributed by atoms with van der Waals surface area (Å²) in [6, 6.07) is -0.665. The number of carboxylic acids is 1. The van der Waals surface area contributed by atoms with E-state index in [4.69, 9.17) is 5.11 Å². The smallest absolute Gasteiger partial charge is 0.305 e. The summed E-state index contributed by atoms with van der Waals surface area (Å²) in [6.45, 7) is 2.05. The maximum absolute atomic E-state index is 11.8. The van der Waals surface area contributed by atoms with Crippen molar-refractivity contribution >= 4 is 17.5 Å². The lowest BCUT2D eigenvalue weighted by Gasteiger charge is -2.23. The van der Waals surface area contributed by atoms with Crippen LogP contribution in [0.3, 0.4) is 0 Å². The second-order valence-electron chi connectivity index (χ2n) is 4.82. The summed E-state index contributed by atoms with van der Waals surface area (Å²) >= 11 is 0. The van der Waals surface area contributed by atoms with Crippen LogP contribution >= 0.6 is 0 Å². The number of fused-ring (bicyclic) bond motifs is 1. The van der Waals surface area contributed by atoms with Crippen molar-refractivity contribution in [2.75, 3.05) is 0 Å². The van der Waals surface area contributed by atoms with Crippen molar-refractivity contribution in [3.8, 4) is 0 Å². The summed E-state index contributed by atoms with van der Waals surface area (Å²) in [5, 5.41) is 8.80.